The molecule has 100 valence electrons. The number of carbonyl (C=O) groups is 2. The number of nitrogens with one attached hydrogen (secondary N) is 2. The summed E-state index contributed by atoms with van der Waals surface area (Å²) in [6.07, 6.45) is 1.97. The summed E-state index contributed by atoms with van der Waals surface area (Å²) < 4.78 is 5.18. The molecule has 1 amide bonds. The number of aromatic nitrogens is 2. The Labute approximate surface area is 108 Å². The Bertz CT molecular complexity index is 559. The average Bonchev–Trinajstić information content (AvgIpc) is 2.97. The molecule has 0 bridgehead atoms. The highest BCUT2D eigenvalue weighted by Crippen LogP contribution is 2.19. The van der Waals surface area contributed by atoms with Crippen LogP contribution in [-0.2, 0) is 9.59 Å². The molecule has 2 aromatic rings. The van der Waals surface area contributed by atoms with Crippen LogP contribution in [0.2, 0.25) is 0 Å². The van der Waals surface area contributed by atoms with E-state index in [1.54, 1.807) is 24.5 Å². The topological polar surface area (TPSA) is 108 Å². The summed E-state index contributed by atoms with van der Waals surface area (Å²) in [5.74, 6) is -0.169. The molecule has 0 saturated heterocycles. The van der Waals surface area contributed by atoms with Gasteiger partial charge < -0.3 is 14.8 Å². The van der Waals surface area contributed by atoms with Crippen molar-refractivity contribution in [3.05, 3.63) is 24.5 Å². The van der Waals surface area contributed by atoms with Gasteiger partial charge in [-0.25, -0.2) is 0 Å². The third-order valence-electron chi connectivity index (χ3n) is 2.43. The van der Waals surface area contributed by atoms with Gasteiger partial charge in [0.15, 0.2) is 11.6 Å². The molecular weight excluding hydrogens is 250 g/mol. The predicted octanol–water partition coefficient (Wildman–Crippen LogP) is 1.86. The zero-order chi connectivity index (χ0) is 13.7. The molecule has 0 aromatic carbocycles. The number of amides is 1. The van der Waals surface area contributed by atoms with Crippen LogP contribution in [0, 0.1) is 0 Å². The number of H-pyrrole nitrogens is 1. The minimum Gasteiger partial charge on any atom is -0.481 e. The van der Waals surface area contributed by atoms with E-state index in [-0.39, 0.29) is 18.7 Å². The first-order valence-electron chi connectivity index (χ1n) is 5.76. The Morgan fingerprint density at radius 2 is 2.26 bits per heavy atom. The number of carboxylic acids is 1. The number of carboxylic acid groups (broad SMARTS) is 1. The number of rotatable bonds is 6. The molecule has 0 fully saturated rings. The number of anilines is 1. The van der Waals surface area contributed by atoms with Gasteiger partial charge in [0, 0.05) is 18.9 Å². The minimum atomic E-state index is -0.910. The predicted molar refractivity (Wildman–Crippen MR) is 66.4 cm³/mol. The maximum Gasteiger partial charge on any atom is 0.303 e. The van der Waals surface area contributed by atoms with Crippen molar-refractivity contribution in [3.8, 4) is 11.5 Å². The molecule has 0 atom stereocenters. The van der Waals surface area contributed by atoms with Crippen molar-refractivity contribution in [1.82, 2.24) is 10.2 Å². The lowest BCUT2D eigenvalue weighted by Gasteiger charge is -1.99. The fourth-order valence-corrected chi connectivity index (χ4v) is 1.55. The monoisotopic (exact) mass is 263 g/mol. The van der Waals surface area contributed by atoms with E-state index in [9.17, 15) is 9.59 Å². The Morgan fingerprint density at radius 3 is 2.95 bits per heavy atom. The molecule has 0 aliphatic heterocycles. The van der Waals surface area contributed by atoms with Crippen molar-refractivity contribution in [3.63, 3.8) is 0 Å². The molecule has 2 heterocycles. The van der Waals surface area contributed by atoms with Crippen LogP contribution in [0.25, 0.3) is 11.5 Å². The number of furan rings is 1. The van der Waals surface area contributed by atoms with Gasteiger partial charge in [0.2, 0.25) is 5.91 Å². The maximum absolute atomic E-state index is 11.5. The number of hydrogen-bond acceptors (Lipinski definition) is 4. The number of hydrogen-bond donors (Lipinski definition) is 3. The van der Waals surface area contributed by atoms with Gasteiger partial charge in [-0.2, -0.15) is 5.10 Å². The molecule has 0 radical (unpaired) electrons. The van der Waals surface area contributed by atoms with E-state index < -0.39 is 5.97 Å². The van der Waals surface area contributed by atoms with Crippen LogP contribution in [0.15, 0.2) is 28.9 Å². The summed E-state index contributed by atoms with van der Waals surface area (Å²) in [4.78, 5) is 21.8. The second kappa shape index (κ2) is 5.85. The molecule has 3 N–H and O–H groups in total. The highest BCUT2D eigenvalue weighted by atomic mass is 16.4. The number of aromatic amines is 1. The highest BCUT2D eigenvalue weighted by molar-refractivity contribution is 5.90. The molecule has 0 unspecified atom stereocenters. The van der Waals surface area contributed by atoms with E-state index in [1.807, 2.05) is 0 Å². The van der Waals surface area contributed by atoms with Crippen LogP contribution in [0.5, 0.6) is 0 Å². The highest BCUT2D eigenvalue weighted by Gasteiger charge is 2.09. The van der Waals surface area contributed by atoms with Gasteiger partial charge in [0.25, 0.3) is 0 Å². The smallest absolute Gasteiger partial charge is 0.303 e. The SMILES string of the molecule is O=C(O)CCCC(=O)Nc1cc(-c2ccco2)[nH]n1. The van der Waals surface area contributed by atoms with Gasteiger partial charge in [-0.15, -0.1) is 0 Å². The average molecular weight is 263 g/mol. The molecule has 7 heteroatoms. The molecule has 19 heavy (non-hydrogen) atoms. The van der Waals surface area contributed by atoms with Crippen LogP contribution in [0.3, 0.4) is 0 Å². The molecule has 0 saturated carbocycles. The summed E-state index contributed by atoms with van der Waals surface area (Å²) in [6.45, 7) is 0. The van der Waals surface area contributed by atoms with Crippen molar-refractivity contribution in [2.75, 3.05) is 5.32 Å². The molecule has 7 nitrogen and oxygen atoms in total. The van der Waals surface area contributed by atoms with Gasteiger partial charge in [-0.3, -0.25) is 14.7 Å². The fraction of sp³-hybridized carbons (Fsp3) is 0.250. The molecule has 0 spiro atoms. The van der Waals surface area contributed by atoms with Gasteiger partial charge in [-0.05, 0) is 18.6 Å². The lowest BCUT2D eigenvalue weighted by atomic mass is 10.2. The van der Waals surface area contributed by atoms with Gasteiger partial charge in [0.05, 0.1) is 6.26 Å². The van der Waals surface area contributed by atoms with E-state index in [4.69, 9.17) is 9.52 Å². The van der Waals surface area contributed by atoms with Crippen molar-refractivity contribution in [2.45, 2.75) is 19.3 Å². The van der Waals surface area contributed by atoms with Gasteiger partial charge in [-0.1, -0.05) is 0 Å². The second-order valence-corrected chi connectivity index (χ2v) is 3.94. The summed E-state index contributed by atoms with van der Waals surface area (Å²) in [5.41, 5.74) is 0.658. The van der Waals surface area contributed by atoms with Gasteiger partial charge >= 0.3 is 5.97 Å². The molecule has 0 aliphatic rings. The Balaban J connectivity index is 1.86. The third kappa shape index (κ3) is 3.70. The second-order valence-electron chi connectivity index (χ2n) is 3.94. The van der Waals surface area contributed by atoms with Crippen LogP contribution < -0.4 is 5.32 Å². The van der Waals surface area contributed by atoms with Crippen LogP contribution >= 0.6 is 0 Å². The van der Waals surface area contributed by atoms with E-state index in [0.29, 0.717) is 23.7 Å². The number of nitrogens with zero attached hydrogens (tertiary/aromatic N) is 1. The summed E-state index contributed by atoms with van der Waals surface area (Å²) in [5, 5.41) is 17.7. The first-order valence-corrected chi connectivity index (χ1v) is 5.76. The van der Waals surface area contributed by atoms with Crippen LogP contribution in [0.1, 0.15) is 19.3 Å². The fourth-order valence-electron chi connectivity index (χ4n) is 1.55. The normalized spacial score (nSPS) is 10.3. The summed E-state index contributed by atoms with van der Waals surface area (Å²) >= 11 is 0. The van der Waals surface area contributed by atoms with E-state index in [0.717, 1.165) is 0 Å². The first-order chi connectivity index (χ1) is 9.15. The first kappa shape index (κ1) is 12.9. The minimum absolute atomic E-state index is 0.0222. The van der Waals surface area contributed by atoms with Crippen molar-refractivity contribution in [1.29, 1.82) is 0 Å². The lowest BCUT2D eigenvalue weighted by molar-refractivity contribution is -0.137. The van der Waals surface area contributed by atoms with Crippen molar-refractivity contribution >= 4 is 17.7 Å². The molecular formula is C12H13N3O4. The summed E-state index contributed by atoms with van der Waals surface area (Å²) in [7, 11) is 0. The summed E-state index contributed by atoms with van der Waals surface area (Å²) in [6, 6.07) is 5.17. The quantitative estimate of drug-likeness (QED) is 0.737. The zero-order valence-corrected chi connectivity index (χ0v) is 10.0. The molecule has 2 rings (SSSR count). The van der Waals surface area contributed by atoms with Crippen LogP contribution in [0.4, 0.5) is 5.82 Å². The number of carbonyl (C=O) groups excluding carboxylic acids is 1. The standard InChI is InChI=1S/C12H13N3O4/c16-11(4-1-5-12(17)18)13-10-7-8(14-15-10)9-3-2-6-19-9/h2-3,6-7H,1,4-5H2,(H,17,18)(H2,13,14,15,16). The van der Waals surface area contributed by atoms with E-state index >= 15 is 0 Å². The van der Waals surface area contributed by atoms with Crippen molar-refractivity contribution < 1.29 is 19.1 Å². The zero-order valence-electron chi connectivity index (χ0n) is 10.0. The number of aliphatic carboxylic acids is 1. The maximum atomic E-state index is 11.5. The Kier molecular flexibility index (Phi) is 3.97. The van der Waals surface area contributed by atoms with E-state index in [2.05, 4.69) is 15.5 Å². The third-order valence-corrected chi connectivity index (χ3v) is 2.43. The Morgan fingerprint density at radius 1 is 1.42 bits per heavy atom. The Hall–Kier alpha value is -2.57. The molecule has 0 aliphatic carbocycles. The van der Waals surface area contributed by atoms with Gasteiger partial charge in [0.1, 0.15) is 5.69 Å². The van der Waals surface area contributed by atoms with E-state index in [1.165, 1.54) is 0 Å². The molecule has 2 aromatic heterocycles. The largest absolute Gasteiger partial charge is 0.481 e. The van der Waals surface area contributed by atoms with Crippen LogP contribution in [-0.4, -0.2) is 27.2 Å². The van der Waals surface area contributed by atoms with Crippen molar-refractivity contribution in [2.24, 2.45) is 0 Å². The lowest BCUT2D eigenvalue weighted by Crippen LogP contribution is -2.12.